The van der Waals surface area contributed by atoms with Crippen LogP contribution in [0.4, 0.5) is 5.69 Å². The van der Waals surface area contributed by atoms with Gasteiger partial charge in [0.2, 0.25) is 0 Å². The lowest BCUT2D eigenvalue weighted by molar-refractivity contribution is -0.137. The van der Waals surface area contributed by atoms with Gasteiger partial charge < -0.3 is 24.2 Å². The van der Waals surface area contributed by atoms with Crippen LogP contribution in [0.1, 0.15) is 50.5 Å². The minimum Gasteiger partial charge on any atom is -0.496 e. The number of rotatable bonds is 11. The molecule has 0 radical (unpaired) electrons. The third kappa shape index (κ3) is 8.60. The van der Waals surface area contributed by atoms with Crippen LogP contribution in [-0.2, 0) is 20.9 Å². The van der Waals surface area contributed by atoms with Crippen LogP contribution in [0.15, 0.2) is 78.9 Å². The maximum Gasteiger partial charge on any atom is 0.330 e. The van der Waals surface area contributed by atoms with Gasteiger partial charge in [0, 0.05) is 40.9 Å². The molecule has 7 nitrogen and oxygen atoms in total. The number of anilines is 1. The number of halogens is 1. The molecule has 0 aliphatic carbocycles. The monoisotopic (exact) mass is 565 g/mol. The summed E-state index contributed by atoms with van der Waals surface area (Å²) in [5.41, 5.74) is 2.06. The standard InChI is InChI=1S/C32H36ClNO6/c1-6-39-30(36)17-16-29(35)34(21-32(2,3)4)27-15-12-23(33)18-26(27)31(37)25-14-13-24(19-28(25)38-5)40-20-22-10-8-7-9-11-22/h7-19,31,37H,6,20-21H2,1-5H3/b17-16+. The first-order valence-corrected chi connectivity index (χ1v) is 13.4. The van der Waals surface area contributed by atoms with Crippen LogP contribution in [0, 0.1) is 5.41 Å². The first kappa shape index (κ1) is 30.7. The van der Waals surface area contributed by atoms with Crippen LogP contribution in [0.2, 0.25) is 5.02 Å². The number of amides is 1. The quantitative estimate of drug-likeness (QED) is 0.211. The fourth-order valence-corrected chi connectivity index (χ4v) is 4.26. The fraction of sp³-hybridized carbons (Fsp3) is 0.312. The summed E-state index contributed by atoms with van der Waals surface area (Å²) in [5.74, 6) is -0.0471. The number of aliphatic hydroxyl groups is 1. The molecule has 40 heavy (non-hydrogen) atoms. The minimum atomic E-state index is -1.18. The topological polar surface area (TPSA) is 85.3 Å². The highest BCUT2D eigenvalue weighted by Crippen LogP contribution is 2.39. The average Bonchev–Trinajstić information content (AvgIpc) is 2.93. The van der Waals surface area contributed by atoms with Gasteiger partial charge in [0.1, 0.15) is 24.2 Å². The van der Waals surface area contributed by atoms with E-state index >= 15 is 0 Å². The second kappa shape index (κ2) is 14.0. The summed E-state index contributed by atoms with van der Waals surface area (Å²) in [4.78, 5) is 26.7. The number of carbonyl (C=O) groups excluding carboxylic acids is 2. The number of nitrogens with zero attached hydrogens (tertiary/aromatic N) is 1. The molecule has 0 bridgehead atoms. The molecule has 1 N–H and O–H groups in total. The largest absolute Gasteiger partial charge is 0.496 e. The summed E-state index contributed by atoms with van der Waals surface area (Å²) in [6, 6.07) is 20.0. The van der Waals surface area contributed by atoms with Crippen LogP contribution >= 0.6 is 11.6 Å². The van der Waals surface area contributed by atoms with Crippen molar-refractivity contribution < 1.29 is 28.9 Å². The molecule has 1 amide bonds. The molecule has 0 aliphatic heterocycles. The number of methoxy groups -OCH3 is 1. The number of ether oxygens (including phenoxy) is 3. The SMILES string of the molecule is CCOC(=O)/C=C/C(=O)N(CC(C)(C)C)c1ccc(Cl)cc1C(O)c1ccc(OCc2ccccc2)cc1OC. The van der Waals surface area contributed by atoms with E-state index in [1.165, 1.54) is 18.1 Å². The van der Waals surface area contributed by atoms with Crippen LogP contribution in [0.5, 0.6) is 11.5 Å². The molecule has 8 heteroatoms. The molecule has 0 spiro atoms. The highest BCUT2D eigenvalue weighted by molar-refractivity contribution is 6.30. The molecule has 0 fully saturated rings. The zero-order chi connectivity index (χ0) is 29.3. The summed E-state index contributed by atoms with van der Waals surface area (Å²) < 4.78 is 16.4. The molecular formula is C32H36ClNO6. The Kier molecular flexibility index (Phi) is 10.8. The Bertz CT molecular complexity index is 1330. The molecule has 3 aromatic rings. The van der Waals surface area contributed by atoms with Crippen molar-refractivity contribution in [3.8, 4) is 11.5 Å². The average molecular weight is 566 g/mol. The van der Waals surface area contributed by atoms with Gasteiger partial charge in [-0.2, -0.15) is 0 Å². The Balaban J connectivity index is 1.98. The van der Waals surface area contributed by atoms with E-state index in [2.05, 4.69) is 0 Å². The van der Waals surface area contributed by atoms with Gasteiger partial charge in [-0.3, -0.25) is 4.79 Å². The summed E-state index contributed by atoms with van der Waals surface area (Å²) in [7, 11) is 1.51. The molecule has 0 saturated heterocycles. The Morgan fingerprint density at radius 1 is 1.00 bits per heavy atom. The maximum absolute atomic E-state index is 13.4. The van der Waals surface area contributed by atoms with Crippen LogP contribution in [-0.4, -0.2) is 37.2 Å². The van der Waals surface area contributed by atoms with Gasteiger partial charge in [-0.1, -0.05) is 62.7 Å². The van der Waals surface area contributed by atoms with Crippen molar-refractivity contribution in [3.63, 3.8) is 0 Å². The Morgan fingerprint density at radius 3 is 2.38 bits per heavy atom. The van der Waals surface area contributed by atoms with Gasteiger partial charge in [0.05, 0.1) is 19.4 Å². The van der Waals surface area contributed by atoms with E-state index in [0.717, 1.165) is 11.6 Å². The van der Waals surface area contributed by atoms with E-state index in [0.29, 0.717) is 46.5 Å². The van der Waals surface area contributed by atoms with Crippen LogP contribution < -0.4 is 14.4 Å². The van der Waals surface area contributed by atoms with Crippen LogP contribution in [0.25, 0.3) is 0 Å². The lowest BCUT2D eigenvalue weighted by Crippen LogP contribution is -2.38. The molecule has 0 heterocycles. The highest BCUT2D eigenvalue weighted by atomic mass is 35.5. The molecule has 3 rings (SSSR count). The van der Waals surface area contributed by atoms with Crippen molar-refractivity contribution in [2.75, 3.05) is 25.2 Å². The molecule has 3 aromatic carbocycles. The Morgan fingerprint density at radius 2 is 1.73 bits per heavy atom. The smallest absolute Gasteiger partial charge is 0.330 e. The molecule has 0 aromatic heterocycles. The molecular weight excluding hydrogens is 530 g/mol. The van der Waals surface area contributed by atoms with Gasteiger partial charge >= 0.3 is 5.97 Å². The van der Waals surface area contributed by atoms with E-state index in [9.17, 15) is 14.7 Å². The number of aliphatic hydroxyl groups excluding tert-OH is 1. The molecule has 212 valence electrons. The third-order valence-corrected chi connectivity index (χ3v) is 6.10. The van der Waals surface area contributed by atoms with E-state index < -0.39 is 18.0 Å². The summed E-state index contributed by atoms with van der Waals surface area (Å²) in [5, 5.41) is 12.0. The predicted octanol–water partition coefficient (Wildman–Crippen LogP) is 6.51. The van der Waals surface area contributed by atoms with Crippen molar-refractivity contribution in [2.24, 2.45) is 5.41 Å². The molecule has 0 aliphatic rings. The normalized spacial score (nSPS) is 12.2. The zero-order valence-corrected chi connectivity index (χ0v) is 24.3. The highest BCUT2D eigenvalue weighted by Gasteiger charge is 2.27. The summed E-state index contributed by atoms with van der Waals surface area (Å²) in [6.45, 7) is 8.56. The summed E-state index contributed by atoms with van der Waals surface area (Å²) in [6.07, 6.45) is 1.09. The number of hydrogen-bond donors (Lipinski definition) is 1. The van der Waals surface area contributed by atoms with Crippen molar-refractivity contribution >= 4 is 29.2 Å². The predicted molar refractivity (Wildman–Crippen MR) is 157 cm³/mol. The third-order valence-electron chi connectivity index (χ3n) is 5.87. The Hall–Kier alpha value is -3.81. The van der Waals surface area contributed by atoms with Gasteiger partial charge in [-0.25, -0.2) is 4.79 Å². The van der Waals surface area contributed by atoms with Crippen molar-refractivity contribution in [1.82, 2.24) is 0 Å². The first-order valence-electron chi connectivity index (χ1n) is 13.0. The number of carbonyl (C=O) groups is 2. The van der Waals surface area contributed by atoms with E-state index in [1.807, 2.05) is 51.1 Å². The lowest BCUT2D eigenvalue weighted by Gasteiger charge is -2.32. The van der Waals surface area contributed by atoms with Crippen molar-refractivity contribution in [1.29, 1.82) is 0 Å². The van der Waals surface area contributed by atoms with Crippen LogP contribution in [0.3, 0.4) is 0 Å². The summed E-state index contributed by atoms with van der Waals surface area (Å²) >= 11 is 6.36. The first-order chi connectivity index (χ1) is 19.0. The van der Waals surface area contributed by atoms with E-state index in [1.54, 1.807) is 43.3 Å². The van der Waals surface area contributed by atoms with Gasteiger partial charge in [0.15, 0.2) is 0 Å². The van der Waals surface area contributed by atoms with Crippen molar-refractivity contribution in [2.45, 2.75) is 40.4 Å². The molecule has 0 saturated carbocycles. The lowest BCUT2D eigenvalue weighted by atomic mass is 9.93. The van der Waals surface area contributed by atoms with Gasteiger partial charge in [-0.05, 0) is 48.2 Å². The maximum atomic E-state index is 13.4. The Labute approximate surface area is 240 Å². The molecule has 1 atom stereocenters. The van der Waals surface area contributed by atoms with Gasteiger partial charge in [-0.15, -0.1) is 0 Å². The number of esters is 1. The minimum absolute atomic E-state index is 0.203. The van der Waals surface area contributed by atoms with E-state index in [-0.39, 0.29) is 12.0 Å². The number of benzene rings is 3. The zero-order valence-electron chi connectivity index (χ0n) is 23.5. The molecule has 1 unspecified atom stereocenters. The van der Waals surface area contributed by atoms with Gasteiger partial charge in [0.25, 0.3) is 5.91 Å². The second-order valence-corrected chi connectivity index (χ2v) is 10.8. The van der Waals surface area contributed by atoms with E-state index in [4.69, 9.17) is 25.8 Å². The second-order valence-electron chi connectivity index (χ2n) is 10.4. The fourth-order valence-electron chi connectivity index (χ4n) is 4.08. The van der Waals surface area contributed by atoms with Crippen molar-refractivity contribution in [3.05, 3.63) is 101 Å². The number of hydrogen-bond acceptors (Lipinski definition) is 6.